The molecule has 0 spiro atoms. The Hall–Kier alpha value is -6.62. The van der Waals surface area contributed by atoms with Gasteiger partial charge in [-0.15, -0.1) is 23.1 Å². The van der Waals surface area contributed by atoms with Crippen LogP contribution in [0.15, 0.2) is 137 Å². The van der Waals surface area contributed by atoms with Crippen LogP contribution in [0, 0.1) is 6.92 Å². The average molecular weight is 1030 g/mol. The lowest BCUT2D eigenvalue weighted by atomic mass is 9.94. The number of carbonyl (C=O) groups is 7. The molecule has 4 heterocycles. The maximum absolute atomic E-state index is 15.3. The van der Waals surface area contributed by atoms with Crippen molar-refractivity contribution in [2.75, 3.05) is 24.6 Å². The fourth-order valence-corrected chi connectivity index (χ4v) is 16.9. The molecule has 0 aliphatic carbocycles. The van der Waals surface area contributed by atoms with Gasteiger partial charge in [-0.05, 0) is 39.0 Å². The van der Waals surface area contributed by atoms with Gasteiger partial charge in [0.25, 0.3) is 14.2 Å². The molecule has 3 aliphatic heterocycles. The quantitative estimate of drug-likeness (QED) is 0.0214. The Kier molecular flexibility index (Phi) is 15.0. The molecule has 0 saturated carbocycles. The van der Waals surface area contributed by atoms with E-state index in [1.54, 1.807) is 37.3 Å². The van der Waals surface area contributed by atoms with Crippen LogP contribution in [0.5, 0.6) is 0 Å². The number of carboxylic acids is 2. The number of fused-ring (bicyclic) bond motifs is 1. The van der Waals surface area contributed by atoms with Crippen LogP contribution in [0.2, 0.25) is 5.04 Å². The van der Waals surface area contributed by atoms with E-state index in [0.717, 1.165) is 25.7 Å². The predicted molar refractivity (Wildman–Crippen MR) is 271 cm³/mol. The van der Waals surface area contributed by atoms with Crippen LogP contribution in [-0.2, 0) is 46.3 Å². The number of amides is 6. The number of imide groups is 1. The topological polar surface area (TPSA) is 228 Å². The number of hydroxylamine groups is 1. The molecule has 3 atom stereocenters. The van der Waals surface area contributed by atoms with Crippen LogP contribution in [0.4, 0.5) is 4.79 Å². The first-order valence-corrected chi connectivity index (χ1v) is 27.3. The zero-order chi connectivity index (χ0) is 50.7. The molecule has 6 amide bonds. The summed E-state index contributed by atoms with van der Waals surface area (Å²) in [7, 11) is -3.55. The molecule has 17 nitrogen and oxygen atoms in total. The maximum Gasteiger partial charge on any atom is 0.352 e. The van der Waals surface area contributed by atoms with E-state index >= 15 is 9.59 Å². The minimum Gasteiger partial charge on any atom is -0.481 e. The maximum atomic E-state index is 15.3. The second-order valence-corrected chi connectivity index (χ2v) is 25.7. The first-order valence-electron chi connectivity index (χ1n) is 22.5. The van der Waals surface area contributed by atoms with Crippen LogP contribution in [-0.4, -0.2) is 115 Å². The number of aliphatic carboxylic acids is 2. The summed E-state index contributed by atoms with van der Waals surface area (Å²) in [6.45, 7) is 7.81. The summed E-state index contributed by atoms with van der Waals surface area (Å²) >= 11 is 3.62. The molecule has 5 N–H and O–H groups in total. The van der Waals surface area contributed by atoms with Crippen molar-refractivity contribution in [1.82, 2.24) is 35.8 Å². The minimum absolute atomic E-state index is 0.0418. The number of hydrogen-bond acceptors (Lipinski definition) is 13. The van der Waals surface area contributed by atoms with E-state index < -0.39 is 72.0 Å². The Morgan fingerprint density at radius 1 is 0.859 bits per heavy atom. The van der Waals surface area contributed by atoms with Crippen molar-refractivity contribution in [1.29, 1.82) is 0 Å². The van der Waals surface area contributed by atoms with Crippen LogP contribution < -0.4 is 26.5 Å². The van der Waals surface area contributed by atoms with Gasteiger partial charge in [0.1, 0.15) is 17.1 Å². The monoisotopic (exact) mass is 1030 g/mol. The molecule has 5 aromatic rings. The normalized spacial score (nSPS) is 18.7. The summed E-state index contributed by atoms with van der Waals surface area (Å²) < 4.78 is 7.65. The van der Waals surface area contributed by atoms with Gasteiger partial charge in [-0.1, -0.05) is 154 Å². The first kappa shape index (κ1) is 50.8. The third-order valence-electron chi connectivity index (χ3n) is 12.4. The summed E-state index contributed by atoms with van der Waals surface area (Å²) in [6.07, 6.45) is -0.206. The molecule has 3 aliphatic rings. The summed E-state index contributed by atoms with van der Waals surface area (Å²) in [5.41, 5.74) is 2.68. The zero-order valence-electron chi connectivity index (χ0n) is 39.1. The third-order valence-corrected chi connectivity index (χ3v) is 21.0. The summed E-state index contributed by atoms with van der Waals surface area (Å²) in [6, 6.07) is 33.8. The fourth-order valence-electron chi connectivity index (χ4n) is 8.92. The molecule has 8 rings (SSSR count). The van der Waals surface area contributed by atoms with E-state index in [2.05, 4.69) is 21.1 Å². The number of rotatable bonds is 17. The van der Waals surface area contributed by atoms with Gasteiger partial charge in [0.15, 0.2) is 4.34 Å². The number of carbonyl (C=O) groups excluding carboxylic acids is 5. The van der Waals surface area contributed by atoms with E-state index in [1.165, 1.54) is 39.8 Å². The molecule has 2 fully saturated rings. The number of β-lactam (4-membered cyclic amide) rings is 1. The van der Waals surface area contributed by atoms with Gasteiger partial charge >= 0.3 is 29.8 Å². The van der Waals surface area contributed by atoms with Gasteiger partial charge in [-0.3, -0.25) is 33.8 Å². The van der Waals surface area contributed by atoms with Gasteiger partial charge in [-0.25, -0.2) is 14.6 Å². The highest BCUT2D eigenvalue weighted by atomic mass is 32.2. The van der Waals surface area contributed by atoms with Crippen molar-refractivity contribution < 1.29 is 48.3 Å². The average Bonchev–Trinajstić information content (AvgIpc) is 3.71. The first-order chi connectivity index (χ1) is 33.9. The van der Waals surface area contributed by atoms with Crippen molar-refractivity contribution in [3.8, 4) is 0 Å². The summed E-state index contributed by atoms with van der Waals surface area (Å²) in [5, 5.41) is 25.6. The molecular formula is C50H51N7O10S3Si. The molecule has 2 saturated heterocycles. The molecule has 0 bridgehead atoms. The van der Waals surface area contributed by atoms with Crippen molar-refractivity contribution in [3.05, 3.63) is 154 Å². The Balaban J connectivity index is 1.14. The van der Waals surface area contributed by atoms with Gasteiger partial charge in [0, 0.05) is 36.0 Å². The van der Waals surface area contributed by atoms with Crippen molar-refractivity contribution in [2.24, 2.45) is 0 Å². The van der Waals surface area contributed by atoms with Crippen molar-refractivity contribution in [3.63, 3.8) is 0 Å². The molecule has 4 aromatic carbocycles. The van der Waals surface area contributed by atoms with Crippen LogP contribution in [0.25, 0.3) is 0 Å². The molecule has 21 heteroatoms. The fraction of sp³-hybridized carbons (Fsp3) is 0.280. The Morgan fingerprint density at radius 2 is 1.45 bits per heavy atom. The number of piperazine rings is 1. The number of nitrogens with zero attached hydrogens (tertiary/aromatic N) is 4. The molecule has 1 unspecified atom stereocenters. The van der Waals surface area contributed by atoms with E-state index in [0.29, 0.717) is 20.5 Å². The lowest BCUT2D eigenvalue weighted by molar-refractivity contribution is -0.170. The highest BCUT2D eigenvalue weighted by Crippen LogP contribution is 2.47. The van der Waals surface area contributed by atoms with E-state index in [-0.39, 0.29) is 48.8 Å². The van der Waals surface area contributed by atoms with Crippen LogP contribution in [0.3, 0.4) is 0 Å². The summed E-state index contributed by atoms with van der Waals surface area (Å²) in [5.74, 6) is -5.91. The number of aryl methyl sites for hydroxylation is 1. The third kappa shape index (κ3) is 10.1. The Morgan fingerprint density at radius 3 is 2.03 bits per heavy atom. The number of thioether (sulfide) groups is 2. The molecule has 368 valence electrons. The minimum atomic E-state index is -3.55. The van der Waals surface area contributed by atoms with E-state index in [4.69, 9.17) is 4.53 Å². The van der Waals surface area contributed by atoms with Gasteiger partial charge < -0.3 is 30.3 Å². The highest BCUT2D eigenvalue weighted by Gasteiger charge is 2.68. The number of urea groups is 1. The largest absolute Gasteiger partial charge is 0.481 e. The smallest absolute Gasteiger partial charge is 0.352 e. The van der Waals surface area contributed by atoms with Crippen molar-refractivity contribution >= 4 is 95.1 Å². The molecular weight excluding hydrogens is 983 g/mol. The van der Waals surface area contributed by atoms with Crippen LogP contribution >= 0.6 is 34.9 Å². The van der Waals surface area contributed by atoms with Gasteiger partial charge in [0.2, 0.25) is 11.6 Å². The predicted octanol–water partition coefficient (Wildman–Crippen LogP) is 4.64. The zero-order valence-corrected chi connectivity index (χ0v) is 42.6. The van der Waals surface area contributed by atoms with Gasteiger partial charge in [0.05, 0.1) is 12.1 Å². The highest BCUT2D eigenvalue weighted by molar-refractivity contribution is 8.01. The SMILES string of the molecule is Cc1nc(SCC2=C(C(=O)O)N3C(=O)[C@@](NO[Si](c4ccccc4)(c4ccccc4)C(C)(C)C)(NC(=O)C(NC(=O)N4CCN(Cc5ccccc5)C(=O)C4=O)c4ccccc4)[C@@H]3SC2)sc1CC(=O)O. The Labute approximate surface area is 423 Å². The number of nitrogens with one attached hydrogen (secondary N) is 3. The number of benzene rings is 4. The lowest BCUT2D eigenvalue weighted by Crippen LogP contribution is -2.87. The summed E-state index contributed by atoms with van der Waals surface area (Å²) in [4.78, 5) is 104. The van der Waals surface area contributed by atoms with Crippen LogP contribution in [0.1, 0.15) is 48.5 Å². The number of hydrogen-bond donors (Lipinski definition) is 5. The van der Waals surface area contributed by atoms with E-state index in [9.17, 15) is 34.2 Å². The standard InChI is InChI=1S/C50H51N7O10S3Si/c1-31-37(27-38(58)59)70-48(51-31)69-30-34-29-68-46-50(45(65)57(46)40(34)44(63)64,54-67-71(49(2,3)4,35-21-13-7-14-22-35)36-23-15-8-16-24-36)53-41(60)39(33-19-11-6-12-20-33)52-47(66)56-26-25-55(42(61)43(56)62)28-32-17-9-5-10-18-32/h5-24,39,46,54H,25-30H2,1-4H3,(H,52,66)(H,53,60)(H,58,59)(H,63,64)/t39?,46-,50-/m0/s1. The van der Waals surface area contributed by atoms with Crippen molar-refractivity contribution in [2.45, 2.75) is 67.1 Å². The number of aromatic nitrogens is 1. The Bertz CT molecular complexity index is 2850. The van der Waals surface area contributed by atoms with Gasteiger partial charge in [-0.2, -0.15) is 5.48 Å². The molecule has 0 radical (unpaired) electrons. The van der Waals surface area contributed by atoms with E-state index in [1.807, 2.05) is 112 Å². The molecule has 71 heavy (non-hydrogen) atoms. The lowest BCUT2D eigenvalue weighted by Gasteiger charge is -2.58. The second kappa shape index (κ2) is 21.0. The number of carboxylic acid groups (broad SMARTS) is 2. The number of thiazole rings is 1. The molecule has 1 aromatic heterocycles. The second-order valence-electron chi connectivity index (χ2n) is 18.1.